The Morgan fingerprint density at radius 1 is 1.23 bits per heavy atom. The van der Waals surface area contributed by atoms with E-state index in [0.29, 0.717) is 12.3 Å². The van der Waals surface area contributed by atoms with Crippen molar-refractivity contribution in [1.82, 2.24) is 4.98 Å². The van der Waals surface area contributed by atoms with E-state index in [1.54, 1.807) is 11.8 Å². The third kappa shape index (κ3) is 5.95. The number of rotatable bonds is 10. The van der Waals surface area contributed by atoms with E-state index in [1.165, 1.54) is 16.9 Å². The highest BCUT2D eigenvalue weighted by Crippen LogP contribution is 2.26. The number of aromatic nitrogens is 1. The second-order valence-corrected chi connectivity index (χ2v) is 8.50. The van der Waals surface area contributed by atoms with Crippen LogP contribution in [0.1, 0.15) is 43.9 Å². The molecule has 0 fully saturated rings. The maximum absolute atomic E-state index is 12.3. The lowest BCUT2D eigenvalue weighted by molar-refractivity contribution is -0.143. The van der Waals surface area contributed by atoms with Crippen LogP contribution in [0.25, 0.3) is 10.6 Å². The fraction of sp³-hybridized carbons (Fsp3) is 0.450. The van der Waals surface area contributed by atoms with Gasteiger partial charge in [0.2, 0.25) is 0 Å². The molecule has 2 aromatic rings. The van der Waals surface area contributed by atoms with Crippen LogP contribution in [-0.2, 0) is 16.0 Å². The van der Waals surface area contributed by atoms with Crippen LogP contribution >= 0.6 is 23.1 Å². The Kier molecular flexibility index (Phi) is 7.85. The van der Waals surface area contributed by atoms with Crippen molar-refractivity contribution in [3.63, 3.8) is 0 Å². The Bertz CT molecular complexity index is 738. The molecule has 0 amide bonds. The maximum Gasteiger partial charge on any atom is 0.306 e. The molecule has 2 rings (SSSR count). The Labute approximate surface area is 163 Å². The van der Waals surface area contributed by atoms with Crippen LogP contribution in [-0.4, -0.2) is 33.9 Å². The van der Waals surface area contributed by atoms with E-state index in [-0.39, 0.29) is 18.6 Å². The predicted molar refractivity (Wildman–Crippen MR) is 109 cm³/mol. The zero-order chi connectivity index (χ0) is 19.1. The molecule has 1 atom stereocenters. The molecule has 0 spiro atoms. The van der Waals surface area contributed by atoms with Gasteiger partial charge in [0.05, 0.1) is 11.6 Å². The molecule has 0 radical (unpaired) electrons. The third-order valence-corrected chi connectivity index (χ3v) is 5.83. The number of hydrogen-bond acceptors (Lipinski definition) is 5. The lowest BCUT2D eigenvalue weighted by Gasteiger charge is -2.10. The van der Waals surface area contributed by atoms with Gasteiger partial charge in [-0.1, -0.05) is 38.1 Å². The number of hydrogen-bond donors (Lipinski definition) is 1. The fourth-order valence-corrected chi connectivity index (χ4v) is 4.00. The Hall–Kier alpha value is -1.66. The topological polar surface area (TPSA) is 67.3 Å². The third-order valence-electron chi connectivity index (χ3n) is 4.25. The van der Waals surface area contributed by atoms with E-state index in [1.807, 2.05) is 11.6 Å². The molecule has 1 aromatic carbocycles. The van der Waals surface area contributed by atoms with Crippen molar-refractivity contribution in [2.24, 2.45) is 5.92 Å². The van der Waals surface area contributed by atoms with E-state index in [2.05, 4.69) is 43.1 Å². The molecule has 4 nitrogen and oxygen atoms in total. The molecule has 0 aliphatic rings. The van der Waals surface area contributed by atoms with Crippen LogP contribution in [0.15, 0.2) is 29.6 Å². The van der Waals surface area contributed by atoms with Gasteiger partial charge in [-0.05, 0) is 29.9 Å². The SMILES string of the molecule is CSCC[C@H](CC(=O)Cc1csc(-c2ccc(C(C)C)cc2)n1)C(=O)O. The van der Waals surface area contributed by atoms with Crippen LogP contribution in [0.5, 0.6) is 0 Å². The lowest BCUT2D eigenvalue weighted by Crippen LogP contribution is -2.19. The molecule has 140 valence electrons. The van der Waals surface area contributed by atoms with E-state index in [4.69, 9.17) is 0 Å². The minimum absolute atomic E-state index is 0.0643. The summed E-state index contributed by atoms with van der Waals surface area (Å²) in [5, 5.41) is 12.0. The summed E-state index contributed by atoms with van der Waals surface area (Å²) in [6.45, 7) is 4.32. The number of nitrogens with zero attached hydrogens (tertiary/aromatic N) is 1. The fourth-order valence-electron chi connectivity index (χ4n) is 2.65. The van der Waals surface area contributed by atoms with Gasteiger partial charge in [0, 0.05) is 23.8 Å². The van der Waals surface area contributed by atoms with Crippen molar-refractivity contribution in [1.29, 1.82) is 0 Å². The number of benzene rings is 1. The van der Waals surface area contributed by atoms with Crippen molar-refractivity contribution in [2.45, 2.75) is 39.0 Å². The Balaban J connectivity index is 1.98. The molecule has 26 heavy (non-hydrogen) atoms. The number of carboxylic acid groups (broad SMARTS) is 1. The van der Waals surface area contributed by atoms with E-state index < -0.39 is 11.9 Å². The Morgan fingerprint density at radius 2 is 1.92 bits per heavy atom. The van der Waals surface area contributed by atoms with Gasteiger partial charge in [0.1, 0.15) is 10.8 Å². The van der Waals surface area contributed by atoms with Gasteiger partial charge in [-0.3, -0.25) is 9.59 Å². The van der Waals surface area contributed by atoms with Gasteiger partial charge in [-0.25, -0.2) is 4.98 Å². The molecular formula is C20H25NO3S2. The number of ketones is 1. The molecule has 0 saturated carbocycles. The molecule has 0 aliphatic heterocycles. The van der Waals surface area contributed by atoms with Gasteiger partial charge < -0.3 is 5.11 Å². The second-order valence-electron chi connectivity index (χ2n) is 6.66. The summed E-state index contributed by atoms with van der Waals surface area (Å²) in [6.07, 6.45) is 2.73. The first kappa shape index (κ1) is 20.6. The molecule has 1 aromatic heterocycles. The quantitative estimate of drug-likeness (QED) is 0.624. The van der Waals surface area contributed by atoms with E-state index >= 15 is 0 Å². The van der Waals surface area contributed by atoms with Crippen molar-refractivity contribution < 1.29 is 14.7 Å². The zero-order valence-corrected chi connectivity index (χ0v) is 17.0. The predicted octanol–water partition coefficient (Wildman–Crippen LogP) is 4.89. The number of thioether (sulfide) groups is 1. The van der Waals surface area contributed by atoms with E-state index in [0.717, 1.165) is 22.0 Å². The van der Waals surface area contributed by atoms with Crippen molar-refractivity contribution in [3.05, 3.63) is 40.9 Å². The first-order valence-electron chi connectivity index (χ1n) is 8.69. The van der Waals surface area contributed by atoms with Crippen LogP contribution in [0, 0.1) is 5.92 Å². The van der Waals surface area contributed by atoms with Gasteiger partial charge in [-0.15, -0.1) is 11.3 Å². The summed E-state index contributed by atoms with van der Waals surface area (Å²) >= 11 is 3.11. The Morgan fingerprint density at radius 3 is 2.50 bits per heavy atom. The summed E-state index contributed by atoms with van der Waals surface area (Å²) in [4.78, 5) is 28.1. The minimum atomic E-state index is -0.892. The van der Waals surface area contributed by atoms with Gasteiger partial charge in [-0.2, -0.15) is 11.8 Å². The molecular weight excluding hydrogens is 366 g/mol. The molecule has 0 aliphatic carbocycles. The number of thiazole rings is 1. The summed E-state index contributed by atoms with van der Waals surface area (Å²) < 4.78 is 0. The number of aliphatic carboxylic acids is 1. The first-order chi connectivity index (χ1) is 12.4. The zero-order valence-electron chi connectivity index (χ0n) is 15.4. The number of Topliss-reactive ketones (excluding diaryl/α,β-unsaturated/α-hetero) is 1. The summed E-state index contributed by atoms with van der Waals surface area (Å²) in [5.74, 6) is -0.321. The highest BCUT2D eigenvalue weighted by molar-refractivity contribution is 7.98. The average molecular weight is 392 g/mol. The molecule has 1 N–H and O–H groups in total. The maximum atomic E-state index is 12.3. The highest BCUT2D eigenvalue weighted by Gasteiger charge is 2.21. The summed E-state index contributed by atoms with van der Waals surface area (Å²) in [6, 6.07) is 8.33. The standard InChI is InChI=1S/C20H25NO3S2/c1-13(2)14-4-6-15(7-5-14)19-21-17(12-26-19)11-18(22)10-16(20(23)24)8-9-25-3/h4-7,12-13,16H,8-11H2,1-3H3,(H,23,24)/t16-/m1/s1. The van der Waals surface area contributed by atoms with Crippen molar-refractivity contribution in [2.75, 3.05) is 12.0 Å². The van der Waals surface area contributed by atoms with Gasteiger partial charge in [0.15, 0.2) is 0 Å². The summed E-state index contributed by atoms with van der Waals surface area (Å²) in [7, 11) is 0. The van der Waals surface area contributed by atoms with Gasteiger partial charge in [0.25, 0.3) is 0 Å². The first-order valence-corrected chi connectivity index (χ1v) is 11.0. The number of carboxylic acids is 1. The number of carbonyl (C=O) groups excluding carboxylic acids is 1. The minimum Gasteiger partial charge on any atom is -0.481 e. The number of carbonyl (C=O) groups is 2. The van der Waals surface area contributed by atoms with Crippen LogP contribution in [0.4, 0.5) is 0 Å². The molecule has 0 bridgehead atoms. The monoisotopic (exact) mass is 391 g/mol. The second kappa shape index (κ2) is 9.88. The highest BCUT2D eigenvalue weighted by atomic mass is 32.2. The van der Waals surface area contributed by atoms with Gasteiger partial charge >= 0.3 is 5.97 Å². The van der Waals surface area contributed by atoms with Crippen molar-refractivity contribution >= 4 is 34.9 Å². The van der Waals surface area contributed by atoms with Crippen LogP contribution in [0.3, 0.4) is 0 Å². The molecule has 0 saturated heterocycles. The van der Waals surface area contributed by atoms with E-state index in [9.17, 15) is 14.7 Å². The lowest BCUT2D eigenvalue weighted by atomic mass is 9.98. The molecule has 6 heteroatoms. The largest absolute Gasteiger partial charge is 0.481 e. The molecule has 0 unspecified atom stereocenters. The van der Waals surface area contributed by atoms with Crippen LogP contribution < -0.4 is 0 Å². The van der Waals surface area contributed by atoms with Crippen molar-refractivity contribution in [3.8, 4) is 10.6 Å². The molecule has 1 heterocycles. The summed E-state index contributed by atoms with van der Waals surface area (Å²) in [5.41, 5.74) is 3.05. The normalized spacial score (nSPS) is 12.3. The average Bonchev–Trinajstić information content (AvgIpc) is 3.06. The van der Waals surface area contributed by atoms with Crippen LogP contribution in [0.2, 0.25) is 0 Å². The smallest absolute Gasteiger partial charge is 0.306 e.